The molecule has 4 nitrogen and oxygen atoms in total. The zero-order chi connectivity index (χ0) is 17.1. The Balaban J connectivity index is 3.12. The summed E-state index contributed by atoms with van der Waals surface area (Å²) in [6, 6.07) is 10.9. The Kier molecular flexibility index (Phi) is 9.14. The number of rotatable bonds is 12. The number of nitrogens with zero attached hydrogens (tertiary/aromatic N) is 1. The Bertz CT molecular complexity index is 451. The van der Waals surface area contributed by atoms with Crippen LogP contribution in [-0.2, 0) is 9.22 Å². The van der Waals surface area contributed by atoms with E-state index in [1.165, 1.54) is 5.19 Å². The van der Waals surface area contributed by atoms with Gasteiger partial charge in [0.05, 0.1) is 0 Å². The van der Waals surface area contributed by atoms with Crippen LogP contribution in [0.3, 0.4) is 0 Å². The van der Waals surface area contributed by atoms with Gasteiger partial charge in [-0.2, -0.15) is 0 Å². The Hall–Kier alpha value is -1.17. The van der Waals surface area contributed by atoms with Gasteiger partial charge >= 0.3 is 14.4 Å². The Labute approximate surface area is 141 Å². The Morgan fingerprint density at radius 3 is 2.30 bits per heavy atom. The van der Waals surface area contributed by atoms with Gasteiger partial charge in [-0.25, -0.2) is 0 Å². The molecule has 0 aliphatic heterocycles. The standard InChI is InChI=1S/C18H31NO3Si/c1-4-7-11-15-22-23(16-14-18(20)21,19(5-2)6-3)17-12-9-8-10-13-17/h8-10,12-13H,4-7,11,14-16H2,1-3H3,(H,20,21). The van der Waals surface area contributed by atoms with E-state index in [1.807, 2.05) is 18.2 Å². The third-order valence-electron chi connectivity index (χ3n) is 4.27. The lowest BCUT2D eigenvalue weighted by atomic mass is 10.3. The normalized spacial score (nSPS) is 13.9. The van der Waals surface area contributed by atoms with Crippen molar-refractivity contribution in [1.29, 1.82) is 0 Å². The molecule has 23 heavy (non-hydrogen) atoms. The van der Waals surface area contributed by atoms with Crippen molar-refractivity contribution in [1.82, 2.24) is 4.57 Å². The van der Waals surface area contributed by atoms with Crippen LogP contribution < -0.4 is 5.19 Å². The SMILES string of the molecule is CCCCCO[Si](CCC(=O)O)(c1ccccc1)N(CC)CC. The van der Waals surface area contributed by atoms with Gasteiger partial charge in [-0.05, 0) is 30.7 Å². The number of hydrogen-bond donors (Lipinski definition) is 1. The van der Waals surface area contributed by atoms with Crippen LogP contribution in [0, 0.1) is 0 Å². The van der Waals surface area contributed by atoms with Crippen molar-refractivity contribution in [3.05, 3.63) is 30.3 Å². The van der Waals surface area contributed by atoms with Crippen molar-refractivity contribution < 1.29 is 14.3 Å². The molecule has 0 saturated heterocycles. The molecule has 0 radical (unpaired) electrons. The fourth-order valence-corrected chi connectivity index (χ4v) is 7.27. The molecular weight excluding hydrogens is 306 g/mol. The minimum Gasteiger partial charge on any atom is -0.481 e. The van der Waals surface area contributed by atoms with Crippen molar-refractivity contribution in [3.8, 4) is 0 Å². The van der Waals surface area contributed by atoms with Gasteiger partial charge in [0.15, 0.2) is 0 Å². The lowest BCUT2D eigenvalue weighted by Crippen LogP contribution is -2.64. The maximum atomic E-state index is 11.2. The molecular formula is C18H31NO3Si. The van der Waals surface area contributed by atoms with Crippen molar-refractivity contribution >= 4 is 19.6 Å². The molecule has 1 N–H and O–H groups in total. The van der Waals surface area contributed by atoms with Crippen LogP contribution in [0.25, 0.3) is 0 Å². The highest BCUT2D eigenvalue weighted by Gasteiger charge is 2.43. The van der Waals surface area contributed by atoms with Crippen LogP contribution in [0.4, 0.5) is 0 Å². The van der Waals surface area contributed by atoms with Crippen LogP contribution in [0.2, 0.25) is 6.04 Å². The number of carbonyl (C=O) groups is 1. The fourth-order valence-electron chi connectivity index (χ4n) is 3.03. The van der Waals surface area contributed by atoms with Crippen molar-refractivity contribution in [2.75, 3.05) is 19.7 Å². The summed E-state index contributed by atoms with van der Waals surface area (Å²) in [6.07, 6.45) is 3.50. The number of carboxylic acids is 1. The van der Waals surface area contributed by atoms with E-state index in [4.69, 9.17) is 4.43 Å². The monoisotopic (exact) mass is 337 g/mol. The number of aliphatic carboxylic acids is 1. The van der Waals surface area contributed by atoms with Crippen LogP contribution in [0.5, 0.6) is 0 Å². The van der Waals surface area contributed by atoms with Gasteiger partial charge in [0, 0.05) is 13.0 Å². The van der Waals surface area contributed by atoms with Crippen LogP contribution in [-0.4, -0.2) is 43.8 Å². The van der Waals surface area contributed by atoms with Gasteiger partial charge in [-0.1, -0.05) is 63.9 Å². The molecule has 1 atom stereocenters. The van der Waals surface area contributed by atoms with Crippen molar-refractivity contribution in [3.63, 3.8) is 0 Å². The Morgan fingerprint density at radius 1 is 1.13 bits per heavy atom. The largest absolute Gasteiger partial charge is 0.481 e. The molecule has 0 amide bonds. The highest BCUT2D eigenvalue weighted by atomic mass is 28.4. The molecule has 5 heteroatoms. The molecule has 0 aliphatic carbocycles. The third-order valence-corrected chi connectivity index (χ3v) is 8.76. The van der Waals surface area contributed by atoms with Crippen LogP contribution >= 0.6 is 0 Å². The minimum atomic E-state index is -2.46. The summed E-state index contributed by atoms with van der Waals surface area (Å²) in [5, 5.41) is 10.4. The van der Waals surface area contributed by atoms with Crippen LogP contribution in [0.15, 0.2) is 30.3 Å². The lowest BCUT2D eigenvalue weighted by molar-refractivity contribution is -0.136. The molecule has 0 saturated carbocycles. The van der Waals surface area contributed by atoms with Gasteiger partial charge in [-0.15, -0.1) is 0 Å². The third kappa shape index (κ3) is 5.75. The first kappa shape index (κ1) is 19.9. The van der Waals surface area contributed by atoms with E-state index in [2.05, 4.69) is 37.5 Å². The van der Waals surface area contributed by atoms with Crippen molar-refractivity contribution in [2.24, 2.45) is 0 Å². The molecule has 130 valence electrons. The highest BCUT2D eigenvalue weighted by molar-refractivity contribution is 6.84. The van der Waals surface area contributed by atoms with E-state index in [0.717, 1.165) is 32.4 Å². The zero-order valence-electron chi connectivity index (χ0n) is 14.8. The number of unbranched alkanes of at least 4 members (excludes halogenated alkanes) is 2. The molecule has 1 aromatic rings. The maximum Gasteiger partial charge on any atom is 0.305 e. The first-order valence-corrected chi connectivity index (χ1v) is 10.8. The first-order chi connectivity index (χ1) is 11.1. The quantitative estimate of drug-likeness (QED) is 0.469. The van der Waals surface area contributed by atoms with Gasteiger partial charge in [0.25, 0.3) is 0 Å². The lowest BCUT2D eigenvalue weighted by Gasteiger charge is -2.40. The summed E-state index contributed by atoms with van der Waals surface area (Å²) >= 11 is 0. The summed E-state index contributed by atoms with van der Waals surface area (Å²) in [4.78, 5) is 11.2. The van der Waals surface area contributed by atoms with E-state index in [9.17, 15) is 9.90 Å². The van der Waals surface area contributed by atoms with Crippen molar-refractivity contribution in [2.45, 2.75) is 52.5 Å². The molecule has 1 unspecified atom stereocenters. The second-order valence-electron chi connectivity index (χ2n) is 5.77. The minimum absolute atomic E-state index is 0.158. The molecule has 0 spiro atoms. The summed E-state index contributed by atoms with van der Waals surface area (Å²) in [6.45, 7) is 8.91. The predicted molar refractivity (Wildman–Crippen MR) is 97.3 cm³/mol. The van der Waals surface area contributed by atoms with Gasteiger partial charge < -0.3 is 9.53 Å². The van der Waals surface area contributed by atoms with E-state index >= 15 is 0 Å². The smallest absolute Gasteiger partial charge is 0.305 e. The molecule has 0 aromatic heterocycles. The molecule has 1 rings (SSSR count). The second-order valence-corrected chi connectivity index (χ2v) is 9.34. The van der Waals surface area contributed by atoms with E-state index in [0.29, 0.717) is 12.7 Å². The van der Waals surface area contributed by atoms with Gasteiger partial charge in [0.1, 0.15) is 0 Å². The summed E-state index contributed by atoms with van der Waals surface area (Å²) in [7, 11) is -2.46. The maximum absolute atomic E-state index is 11.2. The highest BCUT2D eigenvalue weighted by Crippen LogP contribution is 2.21. The molecule has 0 heterocycles. The molecule has 0 aliphatic rings. The van der Waals surface area contributed by atoms with E-state index in [-0.39, 0.29) is 6.42 Å². The van der Waals surface area contributed by atoms with Gasteiger partial charge in [0.2, 0.25) is 0 Å². The zero-order valence-corrected chi connectivity index (χ0v) is 15.8. The summed E-state index contributed by atoms with van der Waals surface area (Å²) in [5.41, 5.74) is 0. The second kappa shape index (κ2) is 10.6. The summed E-state index contributed by atoms with van der Waals surface area (Å²) < 4.78 is 8.89. The van der Waals surface area contributed by atoms with E-state index in [1.54, 1.807) is 0 Å². The predicted octanol–water partition coefficient (Wildman–Crippen LogP) is 3.36. The number of hydrogen-bond acceptors (Lipinski definition) is 3. The average molecular weight is 338 g/mol. The first-order valence-electron chi connectivity index (χ1n) is 8.77. The Morgan fingerprint density at radius 2 is 1.78 bits per heavy atom. The topological polar surface area (TPSA) is 49.8 Å². The van der Waals surface area contributed by atoms with E-state index < -0.39 is 14.4 Å². The number of carboxylic acid groups (broad SMARTS) is 1. The average Bonchev–Trinajstić information content (AvgIpc) is 2.57. The fraction of sp³-hybridized carbons (Fsp3) is 0.611. The molecule has 0 fully saturated rings. The molecule has 1 aromatic carbocycles. The summed E-state index contributed by atoms with van der Waals surface area (Å²) in [5.74, 6) is -0.748. The molecule has 0 bridgehead atoms. The van der Waals surface area contributed by atoms with Gasteiger partial charge in [-0.3, -0.25) is 9.36 Å². The van der Waals surface area contributed by atoms with Crippen LogP contribution in [0.1, 0.15) is 46.5 Å². The number of benzene rings is 1.